The Kier molecular flexibility index (Phi) is 5.32. The molecule has 2 aliphatic rings. The molecule has 2 aliphatic heterocycles. The average molecular weight is 349 g/mol. The molecule has 0 unspecified atom stereocenters. The Balaban J connectivity index is 1.23. The van der Waals surface area contributed by atoms with Crippen LogP contribution in [-0.4, -0.2) is 61.5 Å². The van der Waals surface area contributed by atoms with Crippen molar-refractivity contribution in [2.45, 2.75) is 12.8 Å². The molecule has 2 aromatic carbocycles. The van der Waals surface area contributed by atoms with E-state index in [1.807, 2.05) is 11.0 Å². The Morgan fingerprint density at radius 1 is 0.808 bits per heavy atom. The predicted octanol–water partition coefficient (Wildman–Crippen LogP) is 2.44. The van der Waals surface area contributed by atoms with Crippen LogP contribution in [0, 0.1) is 0 Å². The molecule has 0 aliphatic carbocycles. The summed E-state index contributed by atoms with van der Waals surface area (Å²) in [6, 6.07) is 19.0. The number of anilines is 1. The van der Waals surface area contributed by atoms with Crippen molar-refractivity contribution < 1.29 is 4.79 Å². The monoisotopic (exact) mass is 349 g/mol. The molecule has 1 fully saturated rings. The Labute approximate surface area is 156 Å². The molecule has 1 amide bonds. The lowest BCUT2D eigenvalue weighted by molar-refractivity contribution is -0.120. The van der Waals surface area contributed by atoms with Gasteiger partial charge in [0.05, 0.1) is 6.54 Å². The molecule has 0 spiro atoms. The molecule has 0 bridgehead atoms. The number of para-hydroxylation sites is 1. The first-order chi connectivity index (χ1) is 12.8. The van der Waals surface area contributed by atoms with Crippen molar-refractivity contribution >= 4 is 11.6 Å². The Morgan fingerprint density at radius 2 is 1.50 bits per heavy atom. The zero-order chi connectivity index (χ0) is 17.8. The minimum absolute atomic E-state index is 0.243. The number of amides is 1. The lowest BCUT2D eigenvalue weighted by Gasteiger charge is -2.35. The highest BCUT2D eigenvalue weighted by Gasteiger charge is 2.26. The third-order valence-electron chi connectivity index (χ3n) is 5.57. The molecule has 4 heteroatoms. The number of carbonyl (C=O) groups is 1. The van der Waals surface area contributed by atoms with Crippen molar-refractivity contribution in [1.82, 2.24) is 9.80 Å². The summed E-state index contributed by atoms with van der Waals surface area (Å²) < 4.78 is 0. The van der Waals surface area contributed by atoms with Crippen LogP contribution in [-0.2, 0) is 17.6 Å². The Morgan fingerprint density at radius 3 is 2.31 bits per heavy atom. The van der Waals surface area contributed by atoms with Gasteiger partial charge < -0.3 is 9.80 Å². The third-order valence-corrected chi connectivity index (χ3v) is 5.57. The topological polar surface area (TPSA) is 26.8 Å². The number of nitrogens with zero attached hydrogens (tertiary/aromatic N) is 3. The Bertz CT molecular complexity index is 738. The van der Waals surface area contributed by atoms with E-state index < -0.39 is 0 Å². The van der Waals surface area contributed by atoms with Gasteiger partial charge in [-0.25, -0.2) is 0 Å². The minimum Gasteiger partial charge on any atom is -0.311 e. The van der Waals surface area contributed by atoms with Crippen molar-refractivity contribution in [3.63, 3.8) is 0 Å². The average Bonchev–Trinajstić information content (AvgIpc) is 3.12. The van der Waals surface area contributed by atoms with E-state index in [0.717, 1.165) is 57.8 Å². The quantitative estimate of drug-likeness (QED) is 0.830. The molecule has 4 nitrogen and oxygen atoms in total. The van der Waals surface area contributed by atoms with Crippen LogP contribution in [0.25, 0.3) is 0 Å². The van der Waals surface area contributed by atoms with Crippen LogP contribution in [0.5, 0.6) is 0 Å². The summed E-state index contributed by atoms with van der Waals surface area (Å²) in [4.78, 5) is 19.5. The maximum absolute atomic E-state index is 12.7. The first-order valence-electron chi connectivity index (χ1n) is 9.66. The maximum Gasteiger partial charge on any atom is 0.241 e. The molecule has 2 aromatic rings. The zero-order valence-corrected chi connectivity index (χ0v) is 15.3. The first-order valence-corrected chi connectivity index (χ1v) is 9.66. The van der Waals surface area contributed by atoms with E-state index in [9.17, 15) is 4.79 Å². The van der Waals surface area contributed by atoms with Crippen molar-refractivity contribution in [2.75, 3.05) is 50.7 Å². The van der Waals surface area contributed by atoms with E-state index in [-0.39, 0.29) is 5.91 Å². The van der Waals surface area contributed by atoms with E-state index in [2.05, 4.69) is 58.3 Å². The molecule has 0 saturated carbocycles. The number of piperazine rings is 1. The van der Waals surface area contributed by atoms with Crippen LogP contribution < -0.4 is 4.90 Å². The van der Waals surface area contributed by atoms with Gasteiger partial charge in [-0.05, 0) is 30.0 Å². The number of carbonyl (C=O) groups excluding carboxylic acids is 1. The Hall–Kier alpha value is -2.17. The molecule has 0 aromatic heterocycles. The molecule has 0 N–H and O–H groups in total. The summed E-state index contributed by atoms with van der Waals surface area (Å²) in [6.07, 6.45) is 2.08. The van der Waals surface area contributed by atoms with Gasteiger partial charge in [-0.15, -0.1) is 0 Å². The second kappa shape index (κ2) is 8.02. The second-order valence-electron chi connectivity index (χ2n) is 7.28. The predicted molar refractivity (Wildman–Crippen MR) is 106 cm³/mol. The summed E-state index contributed by atoms with van der Waals surface area (Å²) in [6.45, 7) is 6.54. The normalized spacial score (nSPS) is 18.1. The van der Waals surface area contributed by atoms with E-state index >= 15 is 0 Å². The minimum atomic E-state index is 0.243. The zero-order valence-electron chi connectivity index (χ0n) is 15.3. The van der Waals surface area contributed by atoms with E-state index in [4.69, 9.17) is 0 Å². The van der Waals surface area contributed by atoms with Crippen LogP contribution >= 0.6 is 0 Å². The van der Waals surface area contributed by atoms with Crippen LogP contribution in [0.4, 0.5) is 5.69 Å². The number of hydrogen-bond acceptors (Lipinski definition) is 3. The van der Waals surface area contributed by atoms with Gasteiger partial charge in [-0.2, -0.15) is 0 Å². The van der Waals surface area contributed by atoms with Crippen molar-refractivity contribution in [3.8, 4) is 0 Å². The molecule has 26 heavy (non-hydrogen) atoms. The summed E-state index contributed by atoms with van der Waals surface area (Å²) in [5.74, 6) is 0.243. The molecular weight excluding hydrogens is 322 g/mol. The number of hydrogen-bond donors (Lipinski definition) is 0. The number of rotatable bonds is 5. The largest absolute Gasteiger partial charge is 0.311 e. The van der Waals surface area contributed by atoms with Crippen molar-refractivity contribution in [3.05, 3.63) is 65.7 Å². The van der Waals surface area contributed by atoms with Gasteiger partial charge in [-0.3, -0.25) is 9.69 Å². The molecule has 0 atom stereocenters. The van der Waals surface area contributed by atoms with Crippen molar-refractivity contribution in [1.29, 1.82) is 0 Å². The number of fused-ring (bicyclic) bond motifs is 1. The van der Waals surface area contributed by atoms with Crippen molar-refractivity contribution in [2.24, 2.45) is 0 Å². The highest BCUT2D eigenvalue weighted by atomic mass is 16.2. The fourth-order valence-corrected chi connectivity index (χ4v) is 3.98. The summed E-state index contributed by atoms with van der Waals surface area (Å²) in [5, 5.41) is 0. The van der Waals surface area contributed by atoms with Gasteiger partial charge in [0.2, 0.25) is 5.91 Å². The van der Waals surface area contributed by atoms with Crippen LogP contribution in [0.3, 0.4) is 0 Å². The van der Waals surface area contributed by atoms with Gasteiger partial charge >= 0.3 is 0 Å². The molecule has 0 radical (unpaired) electrons. The van der Waals surface area contributed by atoms with E-state index in [1.165, 1.54) is 11.1 Å². The lowest BCUT2D eigenvalue weighted by Crippen LogP contribution is -2.50. The highest BCUT2D eigenvalue weighted by Crippen LogP contribution is 2.27. The standard InChI is InChI=1S/C22H27N3O/c26-22(25-13-11-20-8-4-5-9-21(20)25)18-24-16-14-23(15-17-24)12-10-19-6-2-1-3-7-19/h1-9H,10-18H2. The fraction of sp³-hybridized carbons (Fsp3) is 0.409. The first kappa shape index (κ1) is 17.3. The van der Waals surface area contributed by atoms with E-state index in [0.29, 0.717) is 6.54 Å². The van der Waals surface area contributed by atoms with Crippen LogP contribution in [0.15, 0.2) is 54.6 Å². The van der Waals surface area contributed by atoms with E-state index in [1.54, 1.807) is 0 Å². The SMILES string of the molecule is O=C(CN1CCN(CCc2ccccc2)CC1)N1CCc2ccccc21. The maximum atomic E-state index is 12.7. The van der Waals surface area contributed by atoms with Gasteiger partial charge in [-0.1, -0.05) is 48.5 Å². The van der Waals surface area contributed by atoms with Crippen LogP contribution in [0.2, 0.25) is 0 Å². The van der Waals surface area contributed by atoms with Gasteiger partial charge in [0.25, 0.3) is 0 Å². The summed E-state index contributed by atoms with van der Waals surface area (Å²) in [5.41, 5.74) is 3.81. The molecular formula is C22H27N3O. The second-order valence-corrected chi connectivity index (χ2v) is 7.28. The van der Waals surface area contributed by atoms with Crippen LogP contribution in [0.1, 0.15) is 11.1 Å². The molecule has 4 rings (SSSR count). The van der Waals surface area contributed by atoms with Gasteiger partial charge in [0.15, 0.2) is 0 Å². The highest BCUT2D eigenvalue weighted by molar-refractivity contribution is 5.96. The fourth-order valence-electron chi connectivity index (χ4n) is 3.98. The summed E-state index contributed by atoms with van der Waals surface area (Å²) in [7, 11) is 0. The smallest absolute Gasteiger partial charge is 0.241 e. The molecule has 1 saturated heterocycles. The molecule has 2 heterocycles. The van der Waals surface area contributed by atoms with Gasteiger partial charge in [0.1, 0.15) is 0 Å². The molecule has 136 valence electrons. The number of benzene rings is 2. The van der Waals surface area contributed by atoms with Gasteiger partial charge in [0, 0.05) is 45.0 Å². The summed E-state index contributed by atoms with van der Waals surface area (Å²) >= 11 is 0. The third kappa shape index (κ3) is 3.97. The lowest BCUT2D eigenvalue weighted by atomic mass is 10.1.